The third-order valence-corrected chi connectivity index (χ3v) is 6.88. The zero-order valence-corrected chi connectivity index (χ0v) is 16.4. The predicted molar refractivity (Wildman–Crippen MR) is 102 cm³/mol. The number of thiophene rings is 1. The van der Waals surface area contributed by atoms with Crippen molar-refractivity contribution < 1.29 is 0 Å². The lowest BCUT2D eigenvalue weighted by molar-refractivity contribution is 0.201. The van der Waals surface area contributed by atoms with Crippen LogP contribution in [0.3, 0.4) is 0 Å². The SMILES string of the molecule is CC(C)(C)c1ccc(CN2CCC(c3nnc4n3CCNC4)CC2)s1. The fourth-order valence-corrected chi connectivity index (χ4v) is 4.96. The molecule has 0 saturated carbocycles. The third kappa shape index (κ3) is 3.66. The van der Waals surface area contributed by atoms with Crippen molar-refractivity contribution in [1.29, 1.82) is 0 Å². The summed E-state index contributed by atoms with van der Waals surface area (Å²) in [6, 6.07) is 4.63. The van der Waals surface area contributed by atoms with Gasteiger partial charge in [0.1, 0.15) is 11.6 Å². The molecule has 2 aromatic heterocycles. The van der Waals surface area contributed by atoms with Gasteiger partial charge in [0.25, 0.3) is 0 Å². The molecule has 0 bridgehead atoms. The molecule has 4 rings (SSSR count). The van der Waals surface area contributed by atoms with Gasteiger partial charge in [-0.05, 0) is 43.5 Å². The van der Waals surface area contributed by atoms with Gasteiger partial charge in [-0.1, -0.05) is 20.8 Å². The molecule has 1 fully saturated rings. The molecule has 0 radical (unpaired) electrons. The van der Waals surface area contributed by atoms with E-state index in [1.54, 1.807) is 0 Å². The van der Waals surface area contributed by atoms with Crippen LogP contribution in [0.4, 0.5) is 0 Å². The van der Waals surface area contributed by atoms with Crippen molar-refractivity contribution in [2.75, 3.05) is 19.6 Å². The van der Waals surface area contributed by atoms with E-state index in [0.29, 0.717) is 5.92 Å². The summed E-state index contributed by atoms with van der Waals surface area (Å²) in [5.41, 5.74) is 0.261. The number of hydrogen-bond acceptors (Lipinski definition) is 5. The minimum absolute atomic E-state index is 0.261. The van der Waals surface area contributed by atoms with Gasteiger partial charge in [-0.2, -0.15) is 0 Å². The summed E-state index contributed by atoms with van der Waals surface area (Å²) >= 11 is 1.98. The van der Waals surface area contributed by atoms with Gasteiger partial charge < -0.3 is 9.88 Å². The van der Waals surface area contributed by atoms with Crippen molar-refractivity contribution >= 4 is 11.3 Å². The fourth-order valence-electron chi connectivity index (χ4n) is 3.85. The first-order valence-electron chi connectivity index (χ1n) is 9.45. The molecule has 2 aliphatic rings. The molecule has 0 unspecified atom stereocenters. The first-order chi connectivity index (χ1) is 12.0. The second kappa shape index (κ2) is 6.82. The first kappa shape index (κ1) is 17.2. The molecular weight excluding hydrogens is 330 g/mol. The van der Waals surface area contributed by atoms with Crippen LogP contribution in [-0.4, -0.2) is 39.3 Å². The predicted octanol–water partition coefficient (Wildman–Crippen LogP) is 3.12. The molecule has 0 aromatic carbocycles. The molecule has 0 atom stereocenters. The van der Waals surface area contributed by atoms with Crippen LogP contribution in [0.2, 0.25) is 0 Å². The molecule has 0 aliphatic carbocycles. The van der Waals surface area contributed by atoms with E-state index in [1.807, 2.05) is 11.3 Å². The Morgan fingerprint density at radius 2 is 1.96 bits per heavy atom. The van der Waals surface area contributed by atoms with E-state index in [0.717, 1.165) is 45.1 Å². The third-order valence-electron chi connectivity index (χ3n) is 5.38. The Morgan fingerprint density at radius 3 is 2.68 bits per heavy atom. The topological polar surface area (TPSA) is 46.0 Å². The minimum atomic E-state index is 0.261. The number of likely N-dealkylation sites (tertiary alicyclic amines) is 1. The Kier molecular flexibility index (Phi) is 4.69. The maximum atomic E-state index is 4.52. The van der Waals surface area contributed by atoms with Crippen LogP contribution in [0.5, 0.6) is 0 Å². The molecule has 2 aromatic rings. The lowest BCUT2D eigenvalue weighted by Gasteiger charge is -2.31. The highest BCUT2D eigenvalue weighted by Gasteiger charge is 2.27. The Balaban J connectivity index is 1.36. The molecule has 1 saturated heterocycles. The van der Waals surface area contributed by atoms with Gasteiger partial charge in [0.2, 0.25) is 0 Å². The largest absolute Gasteiger partial charge is 0.312 e. The fraction of sp³-hybridized carbons (Fsp3) is 0.684. The summed E-state index contributed by atoms with van der Waals surface area (Å²) < 4.78 is 2.35. The lowest BCUT2D eigenvalue weighted by Crippen LogP contribution is -2.34. The molecule has 6 heteroatoms. The summed E-state index contributed by atoms with van der Waals surface area (Å²) in [4.78, 5) is 5.58. The molecule has 0 spiro atoms. The van der Waals surface area contributed by atoms with Gasteiger partial charge in [-0.25, -0.2) is 0 Å². The maximum Gasteiger partial charge on any atom is 0.147 e. The maximum absolute atomic E-state index is 4.52. The summed E-state index contributed by atoms with van der Waals surface area (Å²) in [7, 11) is 0. The van der Waals surface area contributed by atoms with E-state index in [-0.39, 0.29) is 5.41 Å². The number of nitrogens with zero attached hydrogens (tertiary/aromatic N) is 4. The summed E-state index contributed by atoms with van der Waals surface area (Å²) in [6.07, 6.45) is 2.39. The van der Waals surface area contributed by atoms with Crippen LogP contribution >= 0.6 is 11.3 Å². The van der Waals surface area contributed by atoms with Crippen LogP contribution < -0.4 is 5.32 Å². The molecule has 2 aliphatic heterocycles. The van der Waals surface area contributed by atoms with Gasteiger partial charge in [-0.15, -0.1) is 21.5 Å². The second-order valence-corrected chi connectivity index (χ2v) is 9.54. The van der Waals surface area contributed by atoms with E-state index in [9.17, 15) is 0 Å². The standard InChI is InChI=1S/C19H29N5S/c1-19(2,3)16-5-4-15(25-16)13-23-9-6-14(7-10-23)18-22-21-17-12-20-8-11-24(17)18/h4-5,14,20H,6-13H2,1-3H3. The van der Waals surface area contributed by atoms with Crippen LogP contribution in [-0.2, 0) is 25.0 Å². The number of hydrogen-bond donors (Lipinski definition) is 1. The number of rotatable bonds is 3. The highest BCUT2D eigenvalue weighted by Crippen LogP contribution is 2.32. The van der Waals surface area contributed by atoms with E-state index < -0.39 is 0 Å². The number of aromatic nitrogens is 3. The lowest BCUT2D eigenvalue weighted by atomic mass is 9.95. The van der Waals surface area contributed by atoms with Crippen molar-refractivity contribution in [1.82, 2.24) is 25.0 Å². The monoisotopic (exact) mass is 359 g/mol. The summed E-state index contributed by atoms with van der Waals surface area (Å²) in [5.74, 6) is 2.91. The molecule has 136 valence electrons. The van der Waals surface area contributed by atoms with Crippen molar-refractivity contribution in [3.8, 4) is 0 Å². The second-order valence-electron chi connectivity index (χ2n) is 8.37. The van der Waals surface area contributed by atoms with Crippen molar-refractivity contribution in [3.63, 3.8) is 0 Å². The van der Waals surface area contributed by atoms with Gasteiger partial charge >= 0.3 is 0 Å². The summed E-state index contributed by atoms with van der Waals surface area (Å²) in [5, 5.41) is 12.3. The smallest absolute Gasteiger partial charge is 0.147 e. The zero-order valence-electron chi connectivity index (χ0n) is 15.6. The van der Waals surface area contributed by atoms with Gasteiger partial charge in [-0.3, -0.25) is 4.90 Å². The molecule has 1 N–H and O–H groups in total. The normalized spacial score (nSPS) is 20.0. The van der Waals surface area contributed by atoms with E-state index in [4.69, 9.17) is 0 Å². The molecular formula is C19H29N5S. The molecule has 25 heavy (non-hydrogen) atoms. The van der Waals surface area contributed by atoms with Crippen LogP contribution in [0.15, 0.2) is 12.1 Å². The zero-order chi connectivity index (χ0) is 17.4. The Morgan fingerprint density at radius 1 is 1.16 bits per heavy atom. The summed E-state index contributed by atoms with van der Waals surface area (Å²) in [6.45, 7) is 13.2. The molecule has 4 heterocycles. The minimum Gasteiger partial charge on any atom is -0.312 e. The highest BCUT2D eigenvalue weighted by molar-refractivity contribution is 7.12. The average molecular weight is 360 g/mol. The van der Waals surface area contributed by atoms with Gasteiger partial charge in [0, 0.05) is 35.3 Å². The van der Waals surface area contributed by atoms with Crippen molar-refractivity contribution in [2.24, 2.45) is 0 Å². The van der Waals surface area contributed by atoms with E-state index >= 15 is 0 Å². The Bertz CT molecular complexity index is 718. The number of nitrogens with one attached hydrogen (secondary N) is 1. The van der Waals surface area contributed by atoms with Crippen molar-refractivity contribution in [3.05, 3.63) is 33.5 Å². The highest BCUT2D eigenvalue weighted by atomic mass is 32.1. The van der Waals surface area contributed by atoms with E-state index in [2.05, 4.69) is 57.9 Å². The molecule has 0 amide bonds. The van der Waals surface area contributed by atoms with Crippen LogP contribution in [0.25, 0.3) is 0 Å². The van der Waals surface area contributed by atoms with E-state index in [1.165, 1.54) is 28.4 Å². The first-order valence-corrected chi connectivity index (χ1v) is 10.3. The van der Waals surface area contributed by atoms with Gasteiger partial charge in [0.15, 0.2) is 0 Å². The number of piperidine rings is 1. The molecule has 5 nitrogen and oxygen atoms in total. The van der Waals surface area contributed by atoms with Gasteiger partial charge in [0.05, 0.1) is 6.54 Å². The van der Waals surface area contributed by atoms with Crippen LogP contribution in [0, 0.1) is 0 Å². The average Bonchev–Trinajstić information content (AvgIpc) is 3.22. The van der Waals surface area contributed by atoms with Crippen molar-refractivity contribution in [2.45, 2.75) is 64.6 Å². The Labute approximate surface area is 154 Å². The number of fused-ring (bicyclic) bond motifs is 1. The quantitative estimate of drug-likeness (QED) is 0.915. The Hall–Kier alpha value is -1.24. The van der Waals surface area contributed by atoms with Crippen LogP contribution in [0.1, 0.15) is 60.9 Å².